The second kappa shape index (κ2) is 5.79. The fourth-order valence-electron chi connectivity index (χ4n) is 2.29. The zero-order valence-electron chi connectivity index (χ0n) is 12.7. The van der Waals surface area contributed by atoms with Gasteiger partial charge < -0.3 is 14.7 Å². The number of alkyl halides is 3. The normalized spacial score (nSPS) is 21.9. The largest absolute Gasteiger partial charge is 0.507 e. The second-order valence-electron chi connectivity index (χ2n) is 5.40. The van der Waals surface area contributed by atoms with Crippen LogP contribution in [0.1, 0.15) is 24.5 Å². The highest BCUT2D eigenvalue weighted by Gasteiger charge is 2.62. The van der Waals surface area contributed by atoms with Gasteiger partial charge in [-0.1, -0.05) is 0 Å². The van der Waals surface area contributed by atoms with E-state index < -0.39 is 17.5 Å². The van der Waals surface area contributed by atoms with Crippen LogP contribution in [0.2, 0.25) is 0 Å². The summed E-state index contributed by atoms with van der Waals surface area (Å²) in [6.45, 7) is 4.38. The summed E-state index contributed by atoms with van der Waals surface area (Å²) in [5.41, 5.74) is -1.66. The van der Waals surface area contributed by atoms with Gasteiger partial charge in [-0.15, -0.1) is 0 Å². The van der Waals surface area contributed by atoms with Gasteiger partial charge in [-0.3, -0.25) is 0 Å². The highest BCUT2D eigenvalue weighted by Crippen LogP contribution is 2.53. The Balaban J connectivity index is 2.41. The molecule has 0 radical (unpaired) electrons. The lowest BCUT2D eigenvalue weighted by Gasteiger charge is -2.43. The van der Waals surface area contributed by atoms with E-state index in [9.17, 15) is 18.3 Å². The molecule has 0 amide bonds. The first-order valence-electron chi connectivity index (χ1n) is 7.00. The van der Waals surface area contributed by atoms with Crippen molar-refractivity contribution in [2.75, 3.05) is 20.2 Å². The molecule has 0 aromatic heterocycles. The zero-order valence-corrected chi connectivity index (χ0v) is 12.7. The zero-order chi connectivity index (χ0) is 16.5. The van der Waals surface area contributed by atoms with Gasteiger partial charge >= 0.3 is 6.18 Å². The number of ether oxygens (including phenoxy) is 1. The molecule has 1 atom stereocenters. The summed E-state index contributed by atoms with van der Waals surface area (Å²) in [5, 5.41) is 10.0. The molecule has 1 fully saturated rings. The standard InChI is InChI=1S/C15H19F3N2O2/c1-4-20(3)9-19-12-8-13(21)11(7-10(12)2)14(5-6-22-14)15(16,17)18/h7-9,21H,4-6H2,1-3H3/b19-9+. The Morgan fingerprint density at radius 3 is 2.55 bits per heavy atom. The second-order valence-corrected chi connectivity index (χ2v) is 5.40. The average Bonchev–Trinajstić information content (AvgIpc) is 2.37. The lowest BCUT2D eigenvalue weighted by molar-refractivity contribution is -0.333. The van der Waals surface area contributed by atoms with Gasteiger partial charge in [-0.25, -0.2) is 4.99 Å². The van der Waals surface area contributed by atoms with Crippen LogP contribution in [0.4, 0.5) is 18.9 Å². The van der Waals surface area contributed by atoms with E-state index in [-0.39, 0.29) is 18.6 Å². The molecule has 0 aliphatic carbocycles. The Labute approximate surface area is 127 Å². The number of halogens is 3. The van der Waals surface area contributed by atoms with Crippen molar-refractivity contribution < 1.29 is 23.0 Å². The van der Waals surface area contributed by atoms with Crippen LogP contribution in [-0.4, -0.2) is 42.7 Å². The van der Waals surface area contributed by atoms with Crippen LogP contribution in [0.25, 0.3) is 0 Å². The molecule has 7 heteroatoms. The predicted molar refractivity (Wildman–Crippen MR) is 77.6 cm³/mol. The van der Waals surface area contributed by atoms with Crippen molar-refractivity contribution in [2.24, 2.45) is 4.99 Å². The van der Waals surface area contributed by atoms with E-state index in [1.165, 1.54) is 12.1 Å². The molecule has 1 aliphatic rings. The van der Waals surface area contributed by atoms with Crippen LogP contribution in [0.15, 0.2) is 17.1 Å². The third-order valence-corrected chi connectivity index (χ3v) is 3.90. The molecule has 1 N–H and O–H groups in total. The van der Waals surface area contributed by atoms with Gasteiger partial charge in [0, 0.05) is 31.6 Å². The van der Waals surface area contributed by atoms with Gasteiger partial charge in [0.05, 0.1) is 18.6 Å². The maximum Gasteiger partial charge on any atom is 0.421 e. The molecule has 122 valence electrons. The molecule has 1 aliphatic heterocycles. The van der Waals surface area contributed by atoms with E-state index in [0.29, 0.717) is 11.3 Å². The molecular weight excluding hydrogens is 297 g/mol. The van der Waals surface area contributed by atoms with E-state index >= 15 is 0 Å². The minimum absolute atomic E-state index is 0.0270. The smallest absolute Gasteiger partial charge is 0.421 e. The minimum Gasteiger partial charge on any atom is -0.507 e. The topological polar surface area (TPSA) is 45.1 Å². The fraction of sp³-hybridized carbons (Fsp3) is 0.533. The molecule has 22 heavy (non-hydrogen) atoms. The summed E-state index contributed by atoms with van der Waals surface area (Å²) in [7, 11) is 1.83. The average molecular weight is 316 g/mol. The fourth-order valence-corrected chi connectivity index (χ4v) is 2.29. The van der Waals surface area contributed by atoms with Gasteiger partial charge in [-0.2, -0.15) is 13.2 Å². The van der Waals surface area contributed by atoms with Crippen molar-refractivity contribution >= 4 is 12.0 Å². The number of benzene rings is 1. The van der Waals surface area contributed by atoms with Gasteiger partial charge in [0.25, 0.3) is 0 Å². The molecule has 1 unspecified atom stereocenters. The molecule has 0 spiro atoms. The number of rotatable bonds is 4. The van der Waals surface area contributed by atoms with Gasteiger partial charge in [0.1, 0.15) is 5.75 Å². The van der Waals surface area contributed by atoms with Crippen LogP contribution >= 0.6 is 0 Å². The van der Waals surface area contributed by atoms with Crippen LogP contribution in [0.5, 0.6) is 5.75 Å². The van der Waals surface area contributed by atoms with Crippen LogP contribution < -0.4 is 0 Å². The maximum atomic E-state index is 13.3. The monoisotopic (exact) mass is 316 g/mol. The Morgan fingerprint density at radius 1 is 1.45 bits per heavy atom. The van der Waals surface area contributed by atoms with Crippen LogP contribution in [-0.2, 0) is 10.3 Å². The van der Waals surface area contributed by atoms with E-state index in [1.54, 1.807) is 13.3 Å². The number of nitrogens with zero attached hydrogens (tertiary/aromatic N) is 2. The van der Waals surface area contributed by atoms with E-state index in [2.05, 4.69) is 4.99 Å². The summed E-state index contributed by atoms with van der Waals surface area (Å²) in [5.74, 6) is -0.450. The molecule has 4 nitrogen and oxygen atoms in total. The molecule has 1 aromatic carbocycles. The number of aryl methyl sites for hydroxylation is 1. The van der Waals surface area contributed by atoms with Crippen molar-refractivity contribution in [3.8, 4) is 5.75 Å². The highest BCUT2D eigenvalue weighted by molar-refractivity contribution is 5.65. The van der Waals surface area contributed by atoms with Gasteiger partial charge in [0.15, 0.2) is 5.60 Å². The van der Waals surface area contributed by atoms with Crippen LogP contribution in [0, 0.1) is 6.92 Å². The first-order chi connectivity index (χ1) is 10.2. The SMILES string of the molecule is CCN(C)/C=N/c1cc(O)c(C2(C(F)(F)F)CCO2)cc1C. The first-order valence-corrected chi connectivity index (χ1v) is 7.00. The Hall–Kier alpha value is -1.76. The third-order valence-electron chi connectivity index (χ3n) is 3.90. The number of phenols is 1. The van der Waals surface area contributed by atoms with Crippen molar-refractivity contribution in [1.82, 2.24) is 4.90 Å². The molecular formula is C15H19F3N2O2. The van der Waals surface area contributed by atoms with E-state index in [0.717, 1.165) is 6.54 Å². The summed E-state index contributed by atoms with van der Waals surface area (Å²) in [6, 6.07) is 2.56. The molecule has 0 bridgehead atoms. The Kier molecular flexibility index (Phi) is 4.37. The Bertz CT molecular complexity index is 581. The highest BCUT2D eigenvalue weighted by atomic mass is 19.4. The summed E-state index contributed by atoms with van der Waals surface area (Å²) in [4.78, 5) is 6.00. The number of phenolic OH excluding ortho intramolecular Hbond substituents is 1. The molecule has 2 rings (SSSR count). The van der Waals surface area contributed by atoms with Crippen molar-refractivity contribution in [3.05, 3.63) is 23.3 Å². The molecule has 1 saturated heterocycles. The Morgan fingerprint density at radius 2 is 2.09 bits per heavy atom. The van der Waals surface area contributed by atoms with E-state index in [1.807, 2.05) is 18.9 Å². The lowest BCUT2D eigenvalue weighted by Crippen LogP contribution is -2.52. The molecule has 1 heterocycles. The summed E-state index contributed by atoms with van der Waals surface area (Å²) < 4.78 is 44.7. The van der Waals surface area contributed by atoms with Gasteiger partial charge in [-0.05, 0) is 25.5 Å². The van der Waals surface area contributed by atoms with E-state index in [4.69, 9.17) is 4.74 Å². The molecule has 0 saturated carbocycles. The number of aliphatic imine (C=N–C) groups is 1. The summed E-state index contributed by atoms with van der Waals surface area (Å²) in [6.07, 6.45) is -3.19. The number of hydrogen-bond donors (Lipinski definition) is 1. The minimum atomic E-state index is -4.57. The maximum absolute atomic E-state index is 13.3. The summed E-state index contributed by atoms with van der Waals surface area (Å²) >= 11 is 0. The van der Waals surface area contributed by atoms with Gasteiger partial charge in [0.2, 0.25) is 0 Å². The van der Waals surface area contributed by atoms with Crippen LogP contribution in [0.3, 0.4) is 0 Å². The number of aromatic hydroxyl groups is 1. The quantitative estimate of drug-likeness (QED) is 0.683. The van der Waals surface area contributed by atoms with Crippen molar-refractivity contribution in [1.29, 1.82) is 0 Å². The third kappa shape index (κ3) is 2.77. The van der Waals surface area contributed by atoms with Crippen molar-refractivity contribution in [2.45, 2.75) is 32.0 Å². The molecule has 1 aromatic rings. The predicted octanol–water partition coefficient (Wildman–Crippen LogP) is 3.49. The van der Waals surface area contributed by atoms with Crippen molar-refractivity contribution in [3.63, 3.8) is 0 Å². The first kappa shape index (κ1) is 16.6. The number of hydrogen-bond acceptors (Lipinski definition) is 3. The lowest BCUT2D eigenvalue weighted by atomic mass is 9.84.